The Hall–Kier alpha value is -3.60. The lowest BCUT2D eigenvalue weighted by molar-refractivity contribution is -0.136. The fourth-order valence-corrected chi connectivity index (χ4v) is 2.75. The van der Waals surface area contributed by atoms with Crippen molar-refractivity contribution in [2.75, 3.05) is 5.32 Å². The average Bonchev–Trinajstić information content (AvgIpc) is 2.72. The highest BCUT2D eigenvalue weighted by atomic mass is 16.5. The average molecular weight is 375 g/mol. The molecule has 3 aromatic carbocycles. The number of hydrogen-bond acceptors (Lipinski definition) is 3. The molecule has 0 fully saturated rings. The van der Waals surface area contributed by atoms with Crippen LogP contribution in [0.3, 0.4) is 0 Å². The van der Waals surface area contributed by atoms with Crippen LogP contribution < -0.4 is 10.1 Å². The van der Waals surface area contributed by atoms with Gasteiger partial charge in [-0.3, -0.25) is 9.59 Å². The summed E-state index contributed by atoms with van der Waals surface area (Å²) in [6, 6.07) is 24.0. The summed E-state index contributed by atoms with van der Waals surface area (Å²) in [4.78, 5) is 23.4. The van der Waals surface area contributed by atoms with Crippen molar-refractivity contribution in [1.29, 1.82) is 0 Å². The van der Waals surface area contributed by atoms with Crippen molar-refractivity contribution in [3.05, 3.63) is 95.6 Å². The molecule has 2 N–H and O–H groups in total. The zero-order valence-electron chi connectivity index (χ0n) is 15.3. The number of carboxylic acids is 1. The van der Waals surface area contributed by atoms with Crippen LogP contribution in [-0.2, 0) is 17.8 Å². The molecule has 1 amide bonds. The van der Waals surface area contributed by atoms with Crippen LogP contribution in [-0.4, -0.2) is 17.0 Å². The number of carboxylic acid groups (broad SMARTS) is 1. The molecule has 0 aliphatic carbocycles. The number of benzene rings is 3. The highest BCUT2D eigenvalue weighted by Gasteiger charge is 2.12. The van der Waals surface area contributed by atoms with Gasteiger partial charge in [0.25, 0.3) is 5.91 Å². The van der Waals surface area contributed by atoms with Crippen molar-refractivity contribution in [2.24, 2.45) is 0 Å². The molecule has 5 heteroatoms. The van der Waals surface area contributed by atoms with Gasteiger partial charge in [0.2, 0.25) is 0 Å². The van der Waals surface area contributed by atoms with Gasteiger partial charge < -0.3 is 15.2 Å². The number of carbonyl (C=O) groups is 2. The van der Waals surface area contributed by atoms with E-state index in [1.54, 1.807) is 18.2 Å². The lowest BCUT2D eigenvalue weighted by Gasteiger charge is -2.12. The largest absolute Gasteiger partial charge is 0.489 e. The third-order valence-corrected chi connectivity index (χ3v) is 4.24. The molecule has 3 rings (SSSR count). The van der Waals surface area contributed by atoms with E-state index in [0.29, 0.717) is 24.3 Å². The fourth-order valence-electron chi connectivity index (χ4n) is 2.75. The highest BCUT2D eigenvalue weighted by molar-refractivity contribution is 6.05. The minimum Gasteiger partial charge on any atom is -0.489 e. The van der Waals surface area contributed by atoms with Crippen LogP contribution in [0.2, 0.25) is 0 Å². The molecule has 0 radical (unpaired) electrons. The van der Waals surface area contributed by atoms with Gasteiger partial charge in [-0.2, -0.15) is 0 Å². The van der Waals surface area contributed by atoms with Crippen molar-refractivity contribution < 1.29 is 19.4 Å². The number of hydrogen-bond donors (Lipinski definition) is 2. The van der Waals surface area contributed by atoms with Crippen molar-refractivity contribution in [3.8, 4) is 5.75 Å². The van der Waals surface area contributed by atoms with E-state index in [0.717, 1.165) is 16.9 Å². The summed E-state index contributed by atoms with van der Waals surface area (Å²) in [5.74, 6) is -0.299. The number of anilines is 1. The molecule has 0 spiro atoms. The lowest BCUT2D eigenvalue weighted by Crippen LogP contribution is -2.15. The first-order valence-electron chi connectivity index (χ1n) is 8.99. The van der Waals surface area contributed by atoms with Gasteiger partial charge in [0.15, 0.2) is 0 Å². The van der Waals surface area contributed by atoms with E-state index >= 15 is 0 Å². The van der Waals surface area contributed by atoms with Gasteiger partial charge in [-0.1, -0.05) is 48.5 Å². The van der Waals surface area contributed by atoms with Gasteiger partial charge in [-0.15, -0.1) is 0 Å². The molecule has 0 aromatic heterocycles. The second-order valence-electron chi connectivity index (χ2n) is 6.30. The molecule has 0 saturated carbocycles. The van der Waals surface area contributed by atoms with Crippen LogP contribution in [0, 0.1) is 0 Å². The first-order chi connectivity index (χ1) is 13.6. The summed E-state index contributed by atoms with van der Waals surface area (Å²) < 4.78 is 5.77. The Bertz CT molecular complexity index is 936. The second-order valence-corrected chi connectivity index (χ2v) is 6.30. The Morgan fingerprint density at radius 3 is 2.25 bits per heavy atom. The van der Waals surface area contributed by atoms with Crippen molar-refractivity contribution in [1.82, 2.24) is 0 Å². The van der Waals surface area contributed by atoms with E-state index in [4.69, 9.17) is 9.84 Å². The molecule has 0 atom stereocenters. The Balaban J connectivity index is 1.65. The SMILES string of the molecule is O=C(O)CCc1ccc(NC(=O)c2ccccc2COc2ccccc2)cc1. The Morgan fingerprint density at radius 2 is 1.54 bits per heavy atom. The Kier molecular flexibility index (Phi) is 6.41. The molecule has 3 aromatic rings. The van der Waals surface area contributed by atoms with E-state index in [9.17, 15) is 9.59 Å². The zero-order chi connectivity index (χ0) is 19.8. The van der Waals surface area contributed by atoms with Crippen LogP contribution in [0.25, 0.3) is 0 Å². The third-order valence-electron chi connectivity index (χ3n) is 4.24. The Morgan fingerprint density at radius 1 is 0.857 bits per heavy atom. The molecule has 142 valence electrons. The predicted octanol–water partition coefficient (Wildman–Crippen LogP) is 4.54. The number of aryl methyl sites for hydroxylation is 1. The number of carbonyl (C=O) groups excluding carboxylic acids is 1. The van der Waals surface area contributed by atoms with E-state index in [2.05, 4.69) is 5.32 Å². The number of rotatable bonds is 8. The third kappa shape index (κ3) is 5.45. The number of amides is 1. The van der Waals surface area contributed by atoms with Crippen LogP contribution in [0.1, 0.15) is 27.9 Å². The van der Waals surface area contributed by atoms with Crippen LogP contribution >= 0.6 is 0 Å². The summed E-state index contributed by atoms with van der Waals surface area (Å²) in [6.07, 6.45) is 0.545. The van der Waals surface area contributed by atoms with Gasteiger partial charge in [0.05, 0.1) is 0 Å². The fraction of sp³-hybridized carbons (Fsp3) is 0.130. The predicted molar refractivity (Wildman–Crippen MR) is 108 cm³/mol. The second kappa shape index (κ2) is 9.37. The minimum atomic E-state index is -0.827. The molecule has 0 bridgehead atoms. The van der Waals surface area contributed by atoms with E-state index in [-0.39, 0.29) is 12.3 Å². The molecule has 0 aliphatic heterocycles. The summed E-state index contributed by atoms with van der Waals surface area (Å²) in [5, 5.41) is 11.6. The number of para-hydroxylation sites is 1. The van der Waals surface area contributed by atoms with Gasteiger partial charge in [-0.05, 0) is 42.3 Å². The molecule has 0 unspecified atom stereocenters. The molecule has 28 heavy (non-hydrogen) atoms. The van der Waals surface area contributed by atoms with E-state index in [1.807, 2.05) is 60.7 Å². The minimum absolute atomic E-state index is 0.0838. The summed E-state index contributed by atoms with van der Waals surface area (Å²) >= 11 is 0. The summed E-state index contributed by atoms with van der Waals surface area (Å²) in [7, 11) is 0. The normalized spacial score (nSPS) is 10.3. The number of aliphatic carboxylic acids is 1. The molecular formula is C23H21NO4. The van der Waals surface area contributed by atoms with Crippen LogP contribution in [0.5, 0.6) is 5.75 Å². The van der Waals surface area contributed by atoms with Gasteiger partial charge in [0, 0.05) is 23.2 Å². The van der Waals surface area contributed by atoms with Crippen molar-refractivity contribution in [3.63, 3.8) is 0 Å². The quantitative estimate of drug-likeness (QED) is 0.606. The van der Waals surface area contributed by atoms with Gasteiger partial charge in [-0.25, -0.2) is 0 Å². The first kappa shape index (κ1) is 19.2. The van der Waals surface area contributed by atoms with Gasteiger partial charge in [0.1, 0.15) is 12.4 Å². The monoisotopic (exact) mass is 375 g/mol. The maximum Gasteiger partial charge on any atom is 0.303 e. The van der Waals surface area contributed by atoms with Crippen LogP contribution in [0.15, 0.2) is 78.9 Å². The first-order valence-corrected chi connectivity index (χ1v) is 8.99. The number of ether oxygens (including phenoxy) is 1. The maximum absolute atomic E-state index is 12.7. The molecule has 0 heterocycles. The lowest BCUT2D eigenvalue weighted by atomic mass is 10.1. The van der Waals surface area contributed by atoms with E-state index < -0.39 is 5.97 Å². The Labute approximate surface area is 163 Å². The van der Waals surface area contributed by atoms with Crippen molar-refractivity contribution >= 4 is 17.6 Å². The smallest absolute Gasteiger partial charge is 0.303 e. The highest BCUT2D eigenvalue weighted by Crippen LogP contribution is 2.17. The van der Waals surface area contributed by atoms with Crippen molar-refractivity contribution in [2.45, 2.75) is 19.4 Å². The van der Waals surface area contributed by atoms with E-state index in [1.165, 1.54) is 0 Å². The zero-order valence-corrected chi connectivity index (χ0v) is 15.3. The molecular weight excluding hydrogens is 354 g/mol. The van der Waals surface area contributed by atoms with Crippen LogP contribution in [0.4, 0.5) is 5.69 Å². The topological polar surface area (TPSA) is 75.6 Å². The number of nitrogens with one attached hydrogen (secondary N) is 1. The summed E-state index contributed by atoms with van der Waals surface area (Å²) in [5.41, 5.74) is 2.91. The molecule has 5 nitrogen and oxygen atoms in total. The van der Waals surface area contributed by atoms with Gasteiger partial charge >= 0.3 is 5.97 Å². The standard InChI is InChI=1S/C23H21NO4/c25-22(26)15-12-17-10-13-19(14-11-17)24-23(27)21-9-5-4-6-18(21)16-28-20-7-2-1-3-8-20/h1-11,13-14H,12,15-16H2,(H,24,27)(H,25,26). The summed E-state index contributed by atoms with van der Waals surface area (Å²) in [6.45, 7) is 0.293. The molecule has 0 aliphatic rings. The molecule has 0 saturated heterocycles. The maximum atomic E-state index is 12.7.